The number of esters is 2. The Bertz CT molecular complexity index is 1270. The third-order valence-corrected chi connectivity index (χ3v) is 11.3. The summed E-state index contributed by atoms with van der Waals surface area (Å²) in [4.78, 5) is 38.5. The zero-order chi connectivity index (χ0) is 28.1. The molecular weight excluding hydrogens is 508 g/mol. The van der Waals surface area contributed by atoms with E-state index in [1.807, 2.05) is 33.8 Å². The lowest BCUT2D eigenvalue weighted by Gasteiger charge is -2.45. The molecule has 7 aliphatic rings. The van der Waals surface area contributed by atoms with Gasteiger partial charge in [0.15, 0.2) is 5.60 Å². The fraction of sp³-hybridized carbons (Fsp3) is 0.759. The second-order valence-corrected chi connectivity index (χ2v) is 13.7. The van der Waals surface area contributed by atoms with Crippen molar-refractivity contribution < 1.29 is 48.7 Å². The van der Waals surface area contributed by atoms with E-state index in [4.69, 9.17) is 18.9 Å². The van der Waals surface area contributed by atoms with Gasteiger partial charge in [-0.25, -0.2) is 4.79 Å². The van der Waals surface area contributed by atoms with Crippen LogP contribution in [0.3, 0.4) is 0 Å². The van der Waals surface area contributed by atoms with E-state index < -0.39 is 81.8 Å². The predicted molar refractivity (Wildman–Crippen MR) is 131 cm³/mol. The van der Waals surface area contributed by atoms with E-state index in [2.05, 4.69) is 0 Å². The number of carbonyl (C=O) groups excluding carboxylic acids is 3. The molecule has 5 heterocycles. The Labute approximate surface area is 226 Å². The lowest BCUT2D eigenvalue weighted by Crippen LogP contribution is -2.64. The van der Waals surface area contributed by atoms with Crippen LogP contribution >= 0.6 is 0 Å². The van der Waals surface area contributed by atoms with Crippen molar-refractivity contribution in [1.82, 2.24) is 0 Å². The Balaban J connectivity index is 1.28. The summed E-state index contributed by atoms with van der Waals surface area (Å²) in [7, 11) is 0. The molecule has 5 aliphatic heterocycles. The van der Waals surface area contributed by atoms with Crippen molar-refractivity contribution in [2.75, 3.05) is 0 Å². The van der Waals surface area contributed by atoms with E-state index in [9.17, 15) is 29.7 Å². The van der Waals surface area contributed by atoms with Crippen molar-refractivity contribution in [3.8, 4) is 0 Å². The third-order valence-electron chi connectivity index (χ3n) is 11.3. The normalized spacial score (nSPS) is 54.6. The summed E-state index contributed by atoms with van der Waals surface area (Å²) in [5.74, 6) is -6.01. The van der Waals surface area contributed by atoms with Gasteiger partial charge in [0.1, 0.15) is 23.6 Å². The lowest BCUT2D eigenvalue weighted by atomic mass is 9.67. The molecule has 2 aliphatic carbocycles. The van der Waals surface area contributed by atoms with Crippen molar-refractivity contribution in [3.63, 3.8) is 0 Å². The van der Waals surface area contributed by atoms with Crippen molar-refractivity contribution in [2.45, 2.75) is 101 Å². The molecule has 2 spiro atoms. The van der Waals surface area contributed by atoms with Crippen LogP contribution in [0, 0.1) is 35.0 Å². The van der Waals surface area contributed by atoms with Crippen LogP contribution in [0.1, 0.15) is 60.3 Å². The van der Waals surface area contributed by atoms with E-state index >= 15 is 0 Å². The average Bonchev–Trinajstić information content (AvgIpc) is 2.94. The van der Waals surface area contributed by atoms with Crippen LogP contribution in [-0.4, -0.2) is 73.9 Å². The van der Waals surface area contributed by atoms with Crippen LogP contribution in [0.2, 0.25) is 0 Å². The summed E-state index contributed by atoms with van der Waals surface area (Å²) in [6, 6.07) is 0. The zero-order valence-corrected chi connectivity index (χ0v) is 22.8. The molecule has 0 aromatic rings. The molecule has 10 nitrogen and oxygen atoms in total. The fourth-order valence-electron chi connectivity index (χ4n) is 9.74. The highest BCUT2D eigenvalue weighted by Gasteiger charge is 2.85. The summed E-state index contributed by atoms with van der Waals surface area (Å²) < 4.78 is 23.9. The molecule has 212 valence electrons. The number of hydrogen-bond acceptors (Lipinski definition) is 10. The van der Waals surface area contributed by atoms with Crippen molar-refractivity contribution in [3.05, 3.63) is 23.5 Å². The fourth-order valence-corrected chi connectivity index (χ4v) is 9.74. The number of aliphatic hydroxyl groups excluding tert-OH is 2. The van der Waals surface area contributed by atoms with Crippen LogP contribution in [0.15, 0.2) is 23.5 Å². The molecule has 0 radical (unpaired) electrons. The molecule has 2 saturated carbocycles. The van der Waals surface area contributed by atoms with Gasteiger partial charge in [0.05, 0.1) is 24.0 Å². The maximum atomic E-state index is 14.1. The SMILES string of the molecule is CC1=CC(=CC(C)C2C3C4(O)OC5(CCC23C)C(C4=O)C(O)CC2C(C)(C)OC3CC(=O)OC32C5O)OC1=O. The summed E-state index contributed by atoms with van der Waals surface area (Å²) in [6.45, 7) is 9.31. The number of carbonyl (C=O) groups is 3. The van der Waals surface area contributed by atoms with E-state index in [0.29, 0.717) is 17.8 Å². The van der Waals surface area contributed by atoms with Crippen LogP contribution in [-0.2, 0) is 33.3 Å². The topological polar surface area (TPSA) is 149 Å². The highest BCUT2D eigenvalue weighted by molar-refractivity contribution is 5.93. The van der Waals surface area contributed by atoms with Crippen LogP contribution < -0.4 is 0 Å². The van der Waals surface area contributed by atoms with Gasteiger partial charge in [0.2, 0.25) is 11.6 Å². The molecule has 0 aromatic carbocycles. The maximum absolute atomic E-state index is 14.1. The largest absolute Gasteiger partial charge is 0.453 e. The minimum atomic E-state index is -2.23. The summed E-state index contributed by atoms with van der Waals surface area (Å²) in [5, 5.41) is 35.8. The first kappa shape index (κ1) is 25.8. The second-order valence-electron chi connectivity index (χ2n) is 13.7. The minimum absolute atomic E-state index is 0.0425. The standard InChI is InChI=1S/C29H36O10/c1-12(8-14-9-13(2)23(33)36-14)19-21-26(19,5)6-7-27-20(22(32)29(21,35)39-27)15(30)10-16-25(3,4)37-17-11-18(31)38-28(16,17)24(27)34/h8-9,12,15-17,19-21,24,30,34-35H,6-7,10-11H2,1-5H3. The molecule has 0 aromatic heterocycles. The Morgan fingerprint density at radius 3 is 2.51 bits per heavy atom. The van der Waals surface area contributed by atoms with Crippen molar-refractivity contribution in [1.29, 1.82) is 0 Å². The molecule has 2 bridgehead atoms. The Hall–Kier alpha value is -2.11. The Morgan fingerprint density at radius 2 is 1.85 bits per heavy atom. The summed E-state index contributed by atoms with van der Waals surface area (Å²) in [5.41, 5.74) is -3.97. The van der Waals surface area contributed by atoms with Gasteiger partial charge in [0, 0.05) is 17.4 Å². The van der Waals surface area contributed by atoms with E-state index in [1.165, 1.54) is 0 Å². The average molecular weight is 545 g/mol. The van der Waals surface area contributed by atoms with Gasteiger partial charge in [-0.1, -0.05) is 13.8 Å². The van der Waals surface area contributed by atoms with Gasteiger partial charge in [-0.05, 0) is 69.4 Å². The number of Topliss-reactive ketones (excluding diaryl/α,β-unsaturated/α-hetero) is 1. The number of ketones is 1. The molecule has 10 heteroatoms. The smallest absolute Gasteiger partial charge is 0.339 e. The van der Waals surface area contributed by atoms with E-state index in [1.54, 1.807) is 13.0 Å². The minimum Gasteiger partial charge on any atom is -0.453 e. The molecule has 3 N–H and O–H groups in total. The molecule has 0 amide bonds. The lowest BCUT2D eigenvalue weighted by molar-refractivity contribution is -0.277. The van der Waals surface area contributed by atoms with Crippen LogP contribution in [0.4, 0.5) is 0 Å². The Morgan fingerprint density at radius 1 is 1.13 bits per heavy atom. The van der Waals surface area contributed by atoms with Gasteiger partial charge in [-0.2, -0.15) is 0 Å². The monoisotopic (exact) mass is 544 g/mol. The van der Waals surface area contributed by atoms with Gasteiger partial charge in [0.25, 0.3) is 0 Å². The number of hydrogen-bond donors (Lipinski definition) is 3. The van der Waals surface area contributed by atoms with Gasteiger partial charge < -0.3 is 34.3 Å². The molecular formula is C29H36O10. The number of ether oxygens (including phenoxy) is 4. The highest BCUT2D eigenvalue weighted by atomic mass is 16.7. The number of rotatable bonds is 2. The van der Waals surface area contributed by atoms with Gasteiger partial charge >= 0.3 is 11.9 Å². The maximum Gasteiger partial charge on any atom is 0.339 e. The highest BCUT2D eigenvalue weighted by Crippen LogP contribution is 2.75. The molecule has 12 unspecified atom stereocenters. The summed E-state index contributed by atoms with van der Waals surface area (Å²) in [6.07, 6.45) is 0.723. The molecule has 4 saturated heterocycles. The first-order valence-corrected chi connectivity index (χ1v) is 14.0. The zero-order valence-electron chi connectivity index (χ0n) is 22.8. The summed E-state index contributed by atoms with van der Waals surface area (Å²) >= 11 is 0. The third kappa shape index (κ3) is 2.92. The number of allylic oxidation sites excluding steroid dienone is 2. The first-order chi connectivity index (χ1) is 18.1. The van der Waals surface area contributed by atoms with Crippen LogP contribution in [0.5, 0.6) is 0 Å². The molecule has 12 atom stereocenters. The van der Waals surface area contributed by atoms with E-state index in [0.717, 1.165) is 0 Å². The predicted octanol–water partition coefficient (Wildman–Crippen LogP) is 1.30. The quantitative estimate of drug-likeness (QED) is 0.434. The molecule has 39 heavy (non-hydrogen) atoms. The van der Waals surface area contributed by atoms with Crippen LogP contribution in [0.25, 0.3) is 0 Å². The van der Waals surface area contributed by atoms with Gasteiger partial charge in [-0.15, -0.1) is 0 Å². The number of aliphatic hydroxyl groups is 3. The number of cyclic esters (lactones) is 1. The second kappa shape index (κ2) is 7.39. The van der Waals surface area contributed by atoms with Gasteiger partial charge in [-0.3, -0.25) is 9.59 Å². The Kier molecular flexibility index (Phi) is 4.89. The number of fused-ring (bicyclic) bond motifs is 3. The van der Waals surface area contributed by atoms with Crippen molar-refractivity contribution in [2.24, 2.45) is 35.0 Å². The first-order valence-electron chi connectivity index (χ1n) is 14.0. The van der Waals surface area contributed by atoms with Crippen molar-refractivity contribution >= 4 is 17.7 Å². The molecule has 6 fully saturated rings. The van der Waals surface area contributed by atoms with E-state index in [-0.39, 0.29) is 31.1 Å². The molecule has 7 rings (SSSR count).